The molecule has 2 rings (SSSR count). The molecule has 1 saturated heterocycles. The molecule has 0 aromatic heterocycles. The highest BCUT2D eigenvalue weighted by molar-refractivity contribution is 6.44. The Kier molecular flexibility index (Phi) is 1.51. The summed E-state index contributed by atoms with van der Waals surface area (Å²) < 4.78 is 0. The highest BCUT2D eigenvalue weighted by atomic mass is 15.0. The predicted molar refractivity (Wildman–Crippen MR) is 42.1 cm³/mol. The molecule has 1 N–H and O–H groups in total. The summed E-state index contributed by atoms with van der Waals surface area (Å²) in [4.78, 5) is 8.77. The number of hydrogen-bond donors (Lipinski definition) is 1. The van der Waals surface area contributed by atoms with Gasteiger partial charge in [-0.15, -0.1) is 0 Å². The van der Waals surface area contributed by atoms with Gasteiger partial charge in [0.05, 0.1) is 24.5 Å². The average molecular weight is 137 g/mol. The molecule has 0 unspecified atom stereocenters. The SMILES string of the molecule is C1CN=C2CNCCC2=N1. The van der Waals surface area contributed by atoms with Crippen molar-refractivity contribution in [2.24, 2.45) is 9.98 Å². The minimum absolute atomic E-state index is 0.889. The summed E-state index contributed by atoms with van der Waals surface area (Å²) in [7, 11) is 0. The summed E-state index contributed by atoms with van der Waals surface area (Å²) in [5, 5.41) is 3.27. The van der Waals surface area contributed by atoms with Crippen LogP contribution in [0.25, 0.3) is 0 Å². The lowest BCUT2D eigenvalue weighted by molar-refractivity contribution is 0.755. The van der Waals surface area contributed by atoms with Crippen molar-refractivity contribution in [3.05, 3.63) is 0 Å². The van der Waals surface area contributed by atoms with Crippen molar-refractivity contribution in [2.75, 3.05) is 26.2 Å². The van der Waals surface area contributed by atoms with Gasteiger partial charge in [0, 0.05) is 19.5 Å². The van der Waals surface area contributed by atoms with E-state index < -0.39 is 0 Å². The van der Waals surface area contributed by atoms with E-state index in [9.17, 15) is 0 Å². The molecular formula is C7H11N3. The van der Waals surface area contributed by atoms with Crippen LogP contribution in [-0.4, -0.2) is 37.6 Å². The maximum Gasteiger partial charge on any atom is 0.0697 e. The van der Waals surface area contributed by atoms with E-state index in [1.807, 2.05) is 0 Å². The van der Waals surface area contributed by atoms with Gasteiger partial charge in [-0.2, -0.15) is 0 Å². The minimum atomic E-state index is 0.889. The lowest BCUT2D eigenvalue weighted by Crippen LogP contribution is -2.39. The Balaban J connectivity index is 2.19. The highest BCUT2D eigenvalue weighted by Crippen LogP contribution is 2.01. The molecule has 2 heterocycles. The fourth-order valence-electron chi connectivity index (χ4n) is 1.35. The van der Waals surface area contributed by atoms with Gasteiger partial charge in [0.1, 0.15) is 0 Å². The third-order valence-electron chi connectivity index (χ3n) is 1.87. The standard InChI is InChI=1S/C7H11N3/c1-2-8-5-7-6(1)9-3-4-10-7/h8H,1-5H2. The summed E-state index contributed by atoms with van der Waals surface area (Å²) in [5.74, 6) is 0. The van der Waals surface area contributed by atoms with Crippen LogP contribution in [0.4, 0.5) is 0 Å². The van der Waals surface area contributed by atoms with Crippen LogP contribution < -0.4 is 5.32 Å². The zero-order valence-corrected chi connectivity index (χ0v) is 5.93. The molecule has 0 amide bonds. The van der Waals surface area contributed by atoms with Gasteiger partial charge in [-0.3, -0.25) is 9.98 Å². The van der Waals surface area contributed by atoms with Gasteiger partial charge < -0.3 is 5.32 Å². The zero-order chi connectivity index (χ0) is 6.81. The Labute approximate surface area is 60.3 Å². The largest absolute Gasteiger partial charge is 0.311 e. The molecule has 0 atom stereocenters. The molecular weight excluding hydrogens is 126 g/mol. The molecule has 2 aliphatic rings. The fourth-order valence-corrected chi connectivity index (χ4v) is 1.35. The third-order valence-corrected chi connectivity index (χ3v) is 1.87. The molecule has 1 fully saturated rings. The van der Waals surface area contributed by atoms with Crippen LogP contribution in [0.5, 0.6) is 0 Å². The second-order valence-corrected chi connectivity index (χ2v) is 2.58. The Hall–Kier alpha value is -0.700. The van der Waals surface area contributed by atoms with Crippen LogP contribution in [0.3, 0.4) is 0 Å². The Bertz CT molecular complexity index is 171. The van der Waals surface area contributed by atoms with E-state index in [1.54, 1.807) is 0 Å². The topological polar surface area (TPSA) is 36.8 Å². The van der Waals surface area contributed by atoms with Gasteiger partial charge in [0.2, 0.25) is 0 Å². The van der Waals surface area contributed by atoms with Crippen LogP contribution in [0, 0.1) is 0 Å². The molecule has 0 spiro atoms. The van der Waals surface area contributed by atoms with E-state index in [4.69, 9.17) is 0 Å². The summed E-state index contributed by atoms with van der Waals surface area (Å²) in [6.45, 7) is 3.79. The first-order valence-electron chi connectivity index (χ1n) is 3.74. The number of nitrogens with zero attached hydrogens (tertiary/aromatic N) is 2. The molecule has 0 aliphatic carbocycles. The Morgan fingerprint density at radius 1 is 1.10 bits per heavy atom. The molecule has 2 aliphatic heterocycles. The number of aliphatic imine (C=N–C) groups is 2. The highest BCUT2D eigenvalue weighted by Gasteiger charge is 2.15. The summed E-state index contributed by atoms with van der Waals surface area (Å²) in [5.41, 5.74) is 2.43. The number of rotatable bonds is 0. The van der Waals surface area contributed by atoms with Crippen molar-refractivity contribution in [3.8, 4) is 0 Å². The van der Waals surface area contributed by atoms with Crippen LogP contribution in [0.2, 0.25) is 0 Å². The molecule has 0 aromatic rings. The van der Waals surface area contributed by atoms with Gasteiger partial charge in [-0.05, 0) is 0 Å². The molecule has 3 nitrogen and oxygen atoms in total. The second-order valence-electron chi connectivity index (χ2n) is 2.58. The van der Waals surface area contributed by atoms with E-state index in [0.29, 0.717) is 0 Å². The number of fused-ring (bicyclic) bond motifs is 1. The minimum Gasteiger partial charge on any atom is -0.311 e. The normalized spacial score (nSPS) is 24.8. The quantitative estimate of drug-likeness (QED) is 0.496. The number of piperidine rings is 1. The van der Waals surface area contributed by atoms with Gasteiger partial charge in [-0.25, -0.2) is 0 Å². The van der Waals surface area contributed by atoms with E-state index in [1.165, 1.54) is 11.4 Å². The van der Waals surface area contributed by atoms with E-state index in [0.717, 1.165) is 32.6 Å². The fraction of sp³-hybridized carbons (Fsp3) is 0.714. The lowest BCUT2D eigenvalue weighted by Gasteiger charge is -2.19. The summed E-state index contributed by atoms with van der Waals surface area (Å²) in [6, 6.07) is 0. The summed E-state index contributed by atoms with van der Waals surface area (Å²) >= 11 is 0. The lowest BCUT2D eigenvalue weighted by atomic mass is 10.1. The molecule has 0 bridgehead atoms. The summed E-state index contributed by atoms with van der Waals surface area (Å²) in [6.07, 6.45) is 1.07. The molecule has 3 heteroatoms. The van der Waals surface area contributed by atoms with E-state index in [2.05, 4.69) is 15.3 Å². The number of hydrogen-bond acceptors (Lipinski definition) is 3. The maximum atomic E-state index is 4.40. The molecule has 0 aromatic carbocycles. The molecule has 54 valence electrons. The van der Waals surface area contributed by atoms with Crippen molar-refractivity contribution >= 4 is 11.4 Å². The van der Waals surface area contributed by atoms with E-state index in [-0.39, 0.29) is 0 Å². The smallest absolute Gasteiger partial charge is 0.0697 e. The van der Waals surface area contributed by atoms with Crippen LogP contribution >= 0.6 is 0 Å². The maximum absolute atomic E-state index is 4.40. The number of nitrogens with one attached hydrogen (secondary N) is 1. The van der Waals surface area contributed by atoms with Crippen molar-refractivity contribution < 1.29 is 0 Å². The van der Waals surface area contributed by atoms with Crippen LogP contribution in [0.15, 0.2) is 9.98 Å². The first-order valence-corrected chi connectivity index (χ1v) is 3.74. The molecule has 0 radical (unpaired) electrons. The van der Waals surface area contributed by atoms with E-state index >= 15 is 0 Å². The van der Waals surface area contributed by atoms with Crippen molar-refractivity contribution in [3.63, 3.8) is 0 Å². The van der Waals surface area contributed by atoms with Crippen LogP contribution in [-0.2, 0) is 0 Å². The van der Waals surface area contributed by atoms with Gasteiger partial charge in [0.15, 0.2) is 0 Å². The third kappa shape index (κ3) is 0.968. The zero-order valence-electron chi connectivity index (χ0n) is 5.93. The van der Waals surface area contributed by atoms with Crippen molar-refractivity contribution in [1.29, 1.82) is 0 Å². The van der Waals surface area contributed by atoms with Gasteiger partial charge in [-0.1, -0.05) is 0 Å². The van der Waals surface area contributed by atoms with Crippen LogP contribution in [0.1, 0.15) is 6.42 Å². The monoisotopic (exact) mass is 137 g/mol. The molecule has 0 saturated carbocycles. The molecule has 10 heavy (non-hydrogen) atoms. The van der Waals surface area contributed by atoms with Crippen molar-refractivity contribution in [1.82, 2.24) is 5.32 Å². The Morgan fingerprint density at radius 3 is 2.70 bits per heavy atom. The second kappa shape index (κ2) is 2.50. The van der Waals surface area contributed by atoms with Gasteiger partial charge >= 0.3 is 0 Å². The Morgan fingerprint density at radius 2 is 1.90 bits per heavy atom. The predicted octanol–water partition coefficient (Wildman–Crippen LogP) is -0.125. The first kappa shape index (κ1) is 6.04. The first-order chi connectivity index (χ1) is 4.97. The van der Waals surface area contributed by atoms with Gasteiger partial charge in [0.25, 0.3) is 0 Å². The average Bonchev–Trinajstić information content (AvgIpc) is 2.05. The van der Waals surface area contributed by atoms with Crippen molar-refractivity contribution in [2.45, 2.75) is 6.42 Å².